The standard InChI is InChI=1S/C14H19N3/c1-4-17(5-2)13-8-6-12(7-9-13)14-10-11(3)15-16-14/h6-10H,4-5H2,1-3H3,(H,15,16). The first kappa shape index (κ1) is 11.7. The minimum absolute atomic E-state index is 1.01. The van der Waals surface area contributed by atoms with E-state index in [1.807, 2.05) is 6.92 Å². The highest BCUT2D eigenvalue weighted by molar-refractivity contribution is 5.63. The van der Waals surface area contributed by atoms with Crippen molar-refractivity contribution < 1.29 is 0 Å². The van der Waals surface area contributed by atoms with Crippen LogP contribution in [0.1, 0.15) is 19.5 Å². The number of benzene rings is 1. The van der Waals surface area contributed by atoms with Crippen LogP contribution >= 0.6 is 0 Å². The summed E-state index contributed by atoms with van der Waals surface area (Å²) in [6, 6.07) is 10.6. The molecule has 1 heterocycles. The molecule has 0 aliphatic carbocycles. The molecule has 0 spiro atoms. The largest absolute Gasteiger partial charge is 0.372 e. The van der Waals surface area contributed by atoms with E-state index in [9.17, 15) is 0 Å². The average molecular weight is 229 g/mol. The summed E-state index contributed by atoms with van der Waals surface area (Å²) in [4.78, 5) is 2.33. The van der Waals surface area contributed by atoms with Crippen LogP contribution in [0.3, 0.4) is 0 Å². The maximum atomic E-state index is 4.26. The van der Waals surface area contributed by atoms with E-state index < -0.39 is 0 Å². The Labute approximate surface area is 102 Å². The Bertz CT molecular complexity index is 466. The van der Waals surface area contributed by atoms with Crippen LogP contribution in [0.4, 0.5) is 5.69 Å². The summed E-state index contributed by atoms with van der Waals surface area (Å²) in [5.74, 6) is 0. The Morgan fingerprint density at radius 3 is 2.24 bits per heavy atom. The van der Waals surface area contributed by atoms with Crippen LogP contribution in [0.25, 0.3) is 11.3 Å². The second-order valence-electron chi connectivity index (χ2n) is 4.16. The van der Waals surface area contributed by atoms with E-state index in [-0.39, 0.29) is 0 Å². The van der Waals surface area contributed by atoms with Crippen LogP contribution in [0.15, 0.2) is 30.3 Å². The molecule has 1 N–H and O–H groups in total. The van der Waals surface area contributed by atoms with Gasteiger partial charge in [-0.2, -0.15) is 5.10 Å². The molecule has 0 aliphatic heterocycles. The van der Waals surface area contributed by atoms with Crippen LogP contribution in [-0.4, -0.2) is 23.3 Å². The lowest BCUT2D eigenvalue weighted by Crippen LogP contribution is -2.21. The zero-order valence-electron chi connectivity index (χ0n) is 10.7. The molecule has 90 valence electrons. The summed E-state index contributed by atoms with van der Waals surface area (Å²) in [6.45, 7) is 8.44. The third-order valence-electron chi connectivity index (χ3n) is 3.00. The van der Waals surface area contributed by atoms with Crippen LogP contribution in [0.2, 0.25) is 0 Å². The molecule has 3 heteroatoms. The van der Waals surface area contributed by atoms with Gasteiger partial charge in [-0.3, -0.25) is 5.10 Å². The fourth-order valence-corrected chi connectivity index (χ4v) is 2.00. The smallest absolute Gasteiger partial charge is 0.0923 e. The number of hydrogen-bond acceptors (Lipinski definition) is 2. The van der Waals surface area contributed by atoms with Gasteiger partial charge in [-0.25, -0.2) is 0 Å². The maximum absolute atomic E-state index is 4.26. The van der Waals surface area contributed by atoms with Crippen molar-refractivity contribution in [2.24, 2.45) is 0 Å². The molecule has 17 heavy (non-hydrogen) atoms. The van der Waals surface area contributed by atoms with E-state index >= 15 is 0 Å². The molecule has 0 radical (unpaired) electrons. The zero-order chi connectivity index (χ0) is 12.3. The fraction of sp³-hybridized carbons (Fsp3) is 0.357. The third kappa shape index (κ3) is 2.49. The topological polar surface area (TPSA) is 31.9 Å². The number of rotatable bonds is 4. The lowest BCUT2D eigenvalue weighted by atomic mass is 10.1. The van der Waals surface area contributed by atoms with Gasteiger partial charge in [-0.15, -0.1) is 0 Å². The number of nitrogens with one attached hydrogen (secondary N) is 1. The SMILES string of the molecule is CCN(CC)c1ccc(-c2cc(C)[nH]n2)cc1. The van der Waals surface area contributed by atoms with Crippen molar-refractivity contribution >= 4 is 5.69 Å². The van der Waals surface area contributed by atoms with E-state index in [0.29, 0.717) is 0 Å². The molecule has 0 unspecified atom stereocenters. The van der Waals surface area contributed by atoms with Crippen molar-refractivity contribution in [1.82, 2.24) is 10.2 Å². The summed E-state index contributed by atoms with van der Waals surface area (Å²) in [7, 11) is 0. The molecule has 1 aromatic carbocycles. The lowest BCUT2D eigenvalue weighted by Gasteiger charge is -2.20. The Hall–Kier alpha value is -1.77. The number of hydrogen-bond donors (Lipinski definition) is 1. The quantitative estimate of drug-likeness (QED) is 0.872. The first-order chi connectivity index (χ1) is 8.24. The van der Waals surface area contributed by atoms with E-state index in [1.54, 1.807) is 0 Å². The molecule has 2 rings (SSSR count). The Balaban J connectivity index is 2.23. The maximum Gasteiger partial charge on any atom is 0.0923 e. The van der Waals surface area contributed by atoms with E-state index in [4.69, 9.17) is 0 Å². The van der Waals surface area contributed by atoms with Gasteiger partial charge in [0.15, 0.2) is 0 Å². The third-order valence-corrected chi connectivity index (χ3v) is 3.00. The second-order valence-corrected chi connectivity index (χ2v) is 4.16. The van der Waals surface area contributed by atoms with E-state index in [2.05, 4.69) is 59.3 Å². The molecule has 0 atom stereocenters. The second kappa shape index (κ2) is 5.04. The molecular formula is C14H19N3. The highest BCUT2D eigenvalue weighted by atomic mass is 15.1. The van der Waals surface area contributed by atoms with Crippen molar-refractivity contribution in [2.45, 2.75) is 20.8 Å². The number of H-pyrrole nitrogens is 1. The summed E-state index contributed by atoms with van der Waals surface area (Å²) >= 11 is 0. The normalized spacial score (nSPS) is 10.5. The van der Waals surface area contributed by atoms with Gasteiger partial charge in [0.2, 0.25) is 0 Å². The molecular weight excluding hydrogens is 210 g/mol. The Morgan fingerprint density at radius 2 is 1.76 bits per heavy atom. The van der Waals surface area contributed by atoms with Crippen molar-refractivity contribution in [3.05, 3.63) is 36.0 Å². The number of aromatic amines is 1. The van der Waals surface area contributed by atoms with E-state index in [0.717, 1.165) is 30.0 Å². The molecule has 0 bridgehead atoms. The molecule has 2 aromatic rings. The van der Waals surface area contributed by atoms with E-state index in [1.165, 1.54) is 5.69 Å². The van der Waals surface area contributed by atoms with Gasteiger partial charge in [0.05, 0.1) is 5.69 Å². The monoisotopic (exact) mass is 229 g/mol. The molecule has 0 aliphatic rings. The number of aryl methyl sites for hydroxylation is 1. The van der Waals surface area contributed by atoms with Crippen molar-refractivity contribution in [3.8, 4) is 11.3 Å². The lowest BCUT2D eigenvalue weighted by molar-refractivity contribution is 0.866. The number of anilines is 1. The van der Waals surface area contributed by atoms with Crippen LogP contribution in [-0.2, 0) is 0 Å². The zero-order valence-corrected chi connectivity index (χ0v) is 10.7. The molecule has 0 fully saturated rings. The summed E-state index contributed by atoms with van der Waals surface area (Å²) < 4.78 is 0. The minimum Gasteiger partial charge on any atom is -0.372 e. The minimum atomic E-state index is 1.01. The van der Waals surface area contributed by atoms with Gasteiger partial charge < -0.3 is 4.90 Å². The van der Waals surface area contributed by atoms with Crippen LogP contribution in [0, 0.1) is 6.92 Å². The first-order valence-corrected chi connectivity index (χ1v) is 6.12. The van der Waals surface area contributed by atoms with Crippen molar-refractivity contribution in [3.63, 3.8) is 0 Å². The highest BCUT2D eigenvalue weighted by Crippen LogP contribution is 2.21. The van der Waals surface area contributed by atoms with Gasteiger partial charge >= 0.3 is 0 Å². The van der Waals surface area contributed by atoms with Gasteiger partial charge in [-0.1, -0.05) is 12.1 Å². The van der Waals surface area contributed by atoms with Crippen molar-refractivity contribution in [2.75, 3.05) is 18.0 Å². The van der Waals surface area contributed by atoms with Gasteiger partial charge in [-0.05, 0) is 39.0 Å². The molecule has 0 saturated carbocycles. The predicted octanol–water partition coefficient (Wildman–Crippen LogP) is 3.23. The van der Waals surface area contributed by atoms with Crippen LogP contribution < -0.4 is 4.90 Å². The summed E-state index contributed by atoms with van der Waals surface area (Å²) in [5.41, 5.74) is 4.53. The first-order valence-electron chi connectivity index (χ1n) is 6.12. The van der Waals surface area contributed by atoms with Crippen LogP contribution in [0.5, 0.6) is 0 Å². The average Bonchev–Trinajstić information content (AvgIpc) is 2.78. The Kier molecular flexibility index (Phi) is 3.47. The number of nitrogens with zero attached hydrogens (tertiary/aromatic N) is 2. The van der Waals surface area contributed by atoms with Gasteiger partial charge in [0, 0.05) is 30.0 Å². The molecule has 3 nitrogen and oxygen atoms in total. The van der Waals surface area contributed by atoms with Gasteiger partial charge in [0.25, 0.3) is 0 Å². The number of aromatic nitrogens is 2. The van der Waals surface area contributed by atoms with Gasteiger partial charge in [0.1, 0.15) is 0 Å². The molecule has 0 saturated heterocycles. The molecule has 0 amide bonds. The highest BCUT2D eigenvalue weighted by Gasteiger charge is 2.04. The summed E-state index contributed by atoms with van der Waals surface area (Å²) in [6.07, 6.45) is 0. The molecule has 1 aromatic heterocycles. The Morgan fingerprint density at radius 1 is 1.12 bits per heavy atom. The summed E-state index contributed by atoms with van der Waals surface area (Å²) in [5, 5.41) is 7.23. The predicted molar refractivity (Wildman–Crippen MR) is 72.3 cm³/mol. The van der Waals surface area contributed by atoms with Crippen molar-refractivity contribution in [1.29, 1.82) is 0 Å². The fourth-order valence-electron chi connectivity index (χ4n) is 2.00.